The summed E-state index contributed by atoms with van der Waals surface area (Å²) in [6, 6.07) is 15.6. The summed E-state index contributed by atoms with van der Waals surface area (Å²) in [6.45, 7) is 6.25. The number of benzene rings is 2. The summed E-state index contributed by atoms with van der Waals surface area (Å²) in [7, 11) is 0. The molecule has 0 amide bonds. The molecular formula is C21H21NO3S. The maximum Gasteiger partial charge on any atom is 0.344 e. The Labute approximate surface area is 157 Å². The lowest BCUT2D eigenvalue weighted by Gasteiger charge is -2.10. The highest BCUT2D eigenvalue weighted by Crippen LogP contribution is 2.38. The van der Waals surface area contributed by atoms with E-state index in [0.29, 0.717) is 11.9 Å². The van der Waals surface area contributed by atoms with Gasteiger partial charge >= 0.3 is 5.97 Å². The van der Waals surface area contributed by atoms with Crippen molar-refractivity contribution in [1.82, 2.24) is 4.57 Å². The fourth-order valence-corrected chi connectivity index (χ4v) is 3.78. The molecule has 134 valence electrons. The molecule has 1 aromatic heterocycles. The van der Waals surface area contributed by atoms with Gasteiger partial charge in [-0.25, -0.2) is 4.79 Å². The zero-order valence-electron chi connectivity index (χ0n) is 14.6. The molecule has 0 spiro atoms. The molecule has 1 heterocycles. The minimum absolute atomic E-state index is 0.0612. The molecule has 0 fully saturated rings. The van der Waals surface area contributed by atoms with Gasteiger partial charge < -0.3 is 14.4 Å². The third-order valence-electron chi connectivity index (χ3n) is 4.04. The van der Waals surface area contributed by atoms with Crippen molar-refractivity contribution < 1.29 is 14.6 Å². The Morgan fingerprint density at radius 1 is 1.23 bits per heavy atom. The topological polar surface area (TPSA) is 51.5 Å². The molecule has 3 aromatic rings. The fourth-order valence-electron chi connectivity index (χ4n) is 2.95. The van der Waals surface area contributed by atoms with Crippen LogP contribution in [0.25, 0.3) is 10.9 Å². The average Bonchev–Trinajstić information content (AvgIpc) is 2.93. The van der Waals surface area contributed by atoms with Crippen LogP contribution < -0.4 is 0 Å². The number of hydrogen-bond donors (Lipinski definition) is 1. The largest absolute Gasteiger partial charge is 0.494 e. The van der Waals surface area contributed by atoms with E-state index in [1.165, 1.54) is 0 Å². The van der Waals surface area contributed by atoms with Crippen LogP contribution in [0.4, 0.5) is 0 Å². The number of thioether (sulfide) groups is 1. The SMILES string of the molecule is C=CCSc1cccc2c(C(=O)OCC)c(O)n(Cc3ccccc3)c12. The van der Waals surface area contributed by atoms with Crippen molar-refractivity contribution in [2.24, 2.45) is 0 Å². The summed E-state index contributed by atoms with van der Waals surface area (Å²) in [6.07, 6.45) is 1.83. The van der Waals surface area contributed by atoms with Crippen molar-refractivity contribution >= 4 is 28.6 Å². The normalized spacial score (nSPS) is 10.8. The molecule has 0 saturated heterocycles. The van der Waals surface area contributed by atoms with Crippen LogP contribution in [0.2, 0.25) is 0 Å². The molecule has 5 heteroatoms. The minimum Gasteiger partial charge on any atom is -0.494 e. The first-order chi connectivity index (χ1) is 12.7. The van der Waals surface area contributed by atoms with Crippen LogP contribution in [0.3, 0.4) is 0 Å². The second-order valence-electron chi connectivity index (χ2n) is 5.74. The van der Waals surface area contributed by atoms with E-state index >= 15 is 0 Å². The first-order valence-corrected chi connectivity index (χ1v) is 9.44. The van der Waals surface area contributed by atoms with Gasteiger partial charge in [0.25, 0.3) is 0 Å². The monoisotopic (exact) mass is 367 g/mol. The van der Waals surface area contributed by atoms with Crippen LogP contribution in [-0.4, -0.2) is 28.0 Å². The van der Waals surface area contributed by atoms with Gasteiger partial charge in [-0.05, 0) is 18.6 Å². The summed E-state index contributed by atoms with van der Waals surface area (Å²) in [4.78, 5) is 13.4. The number of ether oxygens (including phenoxy) is 1. The Balaban J connectivity index is 2.21. The van der Waals surface area contributed by atoms with Crippen LogP contribution in [0.15, 0.2) is 66.1 Å². The minimum atomic E-state index is -0.507. The smallest absolute Gasteiger partial charge is 0.344 e. The van der Waals surface area contributed by atoms with Gasteiger partial charge in [-0.15, -0.1) is 18.3 Å². The lowest BCUT2D eigenvalue weighted by molar-refractivity contribution is 0.0525. The van der Waals surface area contributed by atoms with E-state index in [0.717, 1.165) is 21.7 Å². The van der Waals surface area contributed by atoms with Gasteiger partial charge in [0.15, 0.2) is 0 Å². The van der Waals surface area contributed by atoms with Crippen LogP contribution in [0.1, 0.15) is 22.8 Å². The van der Waals surface area contributed by atoms with Gasteiger partial charge in [0, 0.05) is 16.0 Å². The third kappa shape index (κ3) is 3.48. The number of rotatable bonds is 7. The Bertz CT molecular complexity index is 931. The molecule has 4 nitrogen and oxygen atoms in total. The number of carbonyl (C=O) groups excluding carboxylic acids is 1. The molecule has 0 bridgehead atoms. The van der Waals surface area contributed by atoms with Gasteiger partial charge in [0.2, 0.25) is 5.88 Å². The van der Waals surface area contributed by atoms with Crippen LogP contribution >= 0.6 is 11.8 Å². The van der Waals surface area contributed by atoms with Crippen molar-refractivity contribution in [2.75, 3.05) is 12.4 Å². The lowest BCUT2D eigenvalue weighted by Crippen LogP contribution is -2.05. The number of nitrogens with zero attached hydrogens (tertiary/aromatic N) is 1. The maximum atomic E-state index is 12.5. The summed E-state index contributed by atoms with van der Waals surface area (Å²) < 4.78 is 6.95. The molecular weight excluding hydrogens is 346 g/mol. The molecule has 26 heavy (non-hydrogen) atoms. The van der Waals surface area contributed by atoms with Crippen molar-refractivity contribution in [2.45, 2.75) is 18.4 Å². The molecule has 0 atom stereocenters. The Morgan fingerprint density at radius 3 is 2.69 bits per heavy atom. The number of fused-ring (bicyclic) bond motifs is 1. The molecule has 3 rings (SSSR count). The first kappa shape index (κ1) is 18.1. The zero-order chi connectivity index (χ0) is 18.5. The van der Waals surface area contributed by atoms with Crippen LogP contribution in [0, 0.1) is 0 Å². The third-order valence-corrected chi connectivity index (χ3v) is 5.08. The van der Waals surface area contributed by atoms with Crippen LogP contribution in [0.5, 0.6) is 5.88 Å². The van der Waals surface area contributed by atoms with E-state index in [2.05, 4.69) is 6.58 Å². The highest BCUT2D eigenvalue weighted by atomic mass is 32.2. The van der Waals surface area contributed by atoms with E-state index in [4.69, 9.17) is 4.74 Å². The molecule has 0 unspecified atom stereocenters. The number of aromatic nitrogens is 1. The summed E-state index contributed by atoms with van der Waals surface area (Å²) in [5.74, 6) is 0.173. The molecule has 0 aliphatic rings. The second kappa shape index (κ2) is 8.15. The van der Waals surface area contributed by atoms with Crippen molar-refractivity contribution in [3.63, 3.8) is 0 Å². The summed E-state index contributed by atoms with van der Waals surface area (Å²) in [5.41, 5.74) is 2.10. The van der Waals surface area contributed by atoms with E-state index < -0.39 is 5.97 Å². The first-order valence-electron chi connectivity index (χ1n) is 8.46. The average molecular weight is 367 g/mol. The Hall–Kier alpha value is -2.66. The van der Waals surface area contributed by atoms with Crippen molar-refractivity contribution in [1.29, 1.82) is 0 Å². The van der Waals surface area contributed by atoms with Crippen LogP contribution in [-0.2, 0) is 11.3 Å². The quantitative estimate of drug-likeness (QED) is 0.368. The maximum absolute atomic E-state index is 12.5. The number of hydrogen-bond acceptors (Lipinski definition) is 4. The molecule has 0 saturated carbocycles. The van der Waals surface area contributed by atoms with Gasteiger partial charge in [0.05, 0.1) is 18.7 Å². The number of esters is 1. The van der Waals surface area contributed by atoms with E-state index in [1.807, 2.05) is 54.6 Å². The van der Waals surface area contributed by atoms with Gasteiger partial charge in [0.1, 0.15) is 5.56 Å². The van der Waals surface area contributed by atoms with Gasteiger partial charge in [-0.3, -0.25) is 0 Å². The van der Waals surface area contributed by atoms with E-state index in [1.54, 1.807) is 23.3 Å². The molecule has 0 aliphatic heterocycles. The van der Waals surface area contributed by atoms with Crippen molar-refractivity contribution in [3.8, 4) is 5.88 Å². The second-order valence-corrected chi connectivity index (χ2v) is 6.80. The highest BCUT2D eigenvalue weighted by molar-refractivity contribution is 7.99. The molecule has 1 N–H and O–H groups in total. The molecule has 0 aliphatic carbocycles. The summed E-state index contributed by atoms with van der Waals surface area (Å²) >= 11 is 1.62. The lowest BCUT2D eigenvalue weighted by atomic mass is 10.1. The van der Waals surface area contributed by atoms with Gasteiger partial charge in [-0.1, -0.05) is 48.5 Å². The van der Waals surface area contributed by atoms with E-state index in [9.17, 15) is 9.90 Å². The van der Waals surface area contributed by atoms with Crippen molar-refractivity contribution in [3.05, 3.63) is 72.3 Å². The molecule has 2 aromatic carbocycles. The fraction of sp³-hybridized carbons (Fsp3) is 0.190. The number of para-hydroxylation sites is 1. The number of aromatic hydroxyl groups is 1. The standard InChI is InChI=1S/C21H21NO3S/c1-3-13-26-17-12-8-11-16-18(21(24)25-4-2)20(23)22(19(16)17)14-15-9-6-5-7-10-15/h3,5-12,23H,1,4,13-14H2,2H3. The summed E-state index contributed by atoms with van der Waals surface area (Å²) in [5, 5.41) is 11.6. The Morgan fingerprint density at radius 2 is 2.00 bits per heavy atom. The molecule has 0 radical (unpaired) electrons. The zero-order valence-corrected chi connectivity index (χ0v) is 15.5. The predicted octanol–water partition coefficient (Wildman–Crippen LogP) is 4.85. The van der Waals surface area contributed by atoms with E-state index in [-0.39, 0.29) is 18.1 Å². The number of carbonyl (C=O) groups is 1. The highest BCUT2D eigenvalue weighted by Gasteiger charge is 2.25. The predicted molar refractivity (Wildman–Crippen MR) is 106 cm³/mol. The van der Waals surface area contributed by atoms with Gasteiger partial charge in [-0.2, -0.15) is 0 Å². The Kier molecular flexibility index (Phi) is 5.68.